The van der Waals surface area contributed by atoms with Crippen LogP contribution in [0, 0.1) is 24.2 Å². The third kappa shape index (κ3) is 2.45. The van der Waals surface area contributed by atoms with Gasteiger partial charge in [0.15, 0.2) is 0 Å². The molecule has 1 amide bonds. The van der Waals surface area contributed by atoms with Gasteiger partial charge in [-0.05, 0) is 31.3 Å². The Morgan fingerprint density at radius 2 is 2.17 bits per heavy atom. The smallest absolute Gasteiger partial charge is 0.225 e. The second-order valence-corrected chi connectivity index (χ2v) is 8.66. The summed E-state index contributed by atoms with van der Waals surface area (Å²) in [5, 5.41) is 3.28. The minimum absolute atomic E-state index is 0.0313. The SMILES string of the molecule is C#CC1(NC(=O)C2CSC34C=CC=CC3=NCCC24)CCCCC1. The Bertz CT molecular complexity index is 666. The number of thioether (sulfide) groups is 1. The first kappa shape index (κ1) is 16.0. The van der Waals surface area contributed by atoms with Crippen molar-refractivity contribution in [2.24, 2.45) is 16.8 Å². The van der Waals surface area contributed by atoms with Gasteiger partial charge in [0.25, 0.3) is 0 Å². The molecule has 4 heteroatoms. The maximum absolute atomic E-state index is 13.1. The third-order valence-corrected chi connectivity index (χ3v) is 7.70. The van der Waals surface area contributed by atoms with E-state index in [9.17, 15) is 4.79 Å². The van der Waals surface area contributed by atoms with Crippen molar-refractivity contribution in [2.45, 2.75) is 48.8 Å². The molecule has 126 valence electrons. The minimum atomic E-state index is -0.413. The molecule has 0 bridgehead atoms. The Morgan fingerprint density at radius 3 is 2.96 bits per heavy atom. The minimum Gasteiger partial charge on any atom is -0.340 e. The second-order valence-electron chi connectivity index (χ2n) is 7.37. The number of nitrogens with zero attached hydrogens (tertiary/aromatic N) is 1. The van der Waals surface area contributed by atoms with Crippen molar-refractivity contribution in [2.75, 3.05) is 12.3 Å². The van der Waals surface area contributed by atoms with Gasteiger partial charge < -0.3 is 5.32 Å². The number of carbonyl (C=O) groups is 1. The molecule has 24 heavy (non-hydrogen) atoms. The average molecular weight is 340 g/mol. The number of hydrogen-bond acceptors (Lipinski definition) is 3. The quantitative estimate of drug-likeness (QED) is 0.785. The fourth-order valence-electron chi connectivity index (χ4n) is 4.71. The molecular formula is C20H24N2OS. The molecule has 1 N–H and O–H groups in total. The van der Waals surface area contributed by atoms with Gasteiger partial charge in [0.1, 0.15) is 5.54 Å². The molecule has 1 saturated heterocycles. The number of aliphatic imine (C=N–C) groups is 1. The first-order chi connectivity index (χ1) is 11.7. The fraction of sp³-hybridized carbons (Fsp3) is 0.600. The molecule has 3 nitrogen and oxygen atoms in total. The summed E-state index contributed by atoms with van der Waals surface area (Å²) < 4.78 is -0.0924. The maximum atomic E-state index is 13.1. The Balaban J connectivity index is 1.55. The van der Waals surface area contributed by atoms with Crippen molar-refractivity contribution < 1.29 is 4.79 Å². The molecule has 0 radical (unpaired) electrons. The summed E-state index contributed by atoms with van der Waals surface area (Å²) in [6.07, 6.45) is 20.6. The molecule has 0 aromatic rings. The molecule has 2 fully saturated rings. The highest BCUT2D eigenvalue weighted by Crippen LogP contribution is 2.53. The lowest BCUT2D eigenvalue weighted by Crippen LogP contribution is -2.53. The molecule has 0 aromatic heterocycles. The van der Waals surface area contributed by atoms with Gasteiger partial charge in [0.05, 0.1) is 16.4 Å². The Hall–Kier alpha value is -1.47. The molecule has 2 aliphatic heterocycles. The zero-order valence-corrected chi connectivity index (χ0v) is 14.8. The van der Waals surface area contributed by atoms with Crippen molar-refractivity contribution >= 4 is 23.4 Å². The molecule has 1 saturated carbocycles. The predicted molar refractivity (Wildman–Crippen MR) is 100 cm³/mol. The Labute approximate surface area is 148 Å². The van der Waals surface area contributed by atoms with Gasteiger partial charge in [-0.25, -0.2) is 0 Å². The maximum Gasteiger partial charge on any atom is 0.225 e. The van der Waals surface area contributed by atoms with E-state index in [1.54, 1.807) is 0 Å². The van der Waals surface area contributed by atoms with Crippen LogP contribution in [0.2, 0.25) is 0 Å². The normalized spacial score (nSPS) is 36.2. The lowest BCUT2D eigenvalue weighted by Gasteiger charge is -2.39. The van der Waals surface area contributed by atoms with Gasteiger partial charge in [0.2, 0.25) is 5.91 Å². The molecule has 2 aliphatic carbocycles. The van der Waals surface area contributed by atoms with Crippen molar-refractivity contribution in [1.82, 2.24) is 5.32 Å². The number of nitrogens with one attached hydrogen (secondary N) is 1. The predicted octanol–water partition coefficient (Wildman–Crippen LogP) is 3.13. The van der Waals surface area contributed by atoms with E-state index in [4.69, 9.17) is 11.4 Å². The highest BCUT2D eigenvalue weighted by Gasteiger charge is 2.54. The van der Waals surface area contributed by atoms with Gasteiger partial charge in [-0.3, -0.25) is 9.79 Å². The van der Waals surface area contributed by atoms with E-state index < -0.39 is 5.54 Å². The summed E-state index contributed by atoms with van der Waals surface area (Å²) in [6.45, 7) is 0.824. The van der Waals surface area contributed by atoms with E-state index in [1.165, 1.54) is 6.42 Å². The summed E-state index contributed by atoms with van der Waals surface area (Å²) >= 11 is 1.88. The van der Waals surface area contributed by atoms with Gasteiger partial charge in [-0.15, -0.1) is 18.2 Å². The van der Waals surface area contributed by atoms with Crippen molar-refractivity contribution in [3.63, 3.8) is 0 Å². The number of hydrogen-bond donors (Lipinski definition) is 1. The van der Waals surface area contributed by atoms with E-state index in [1.807, 2.05) is 11.8 Å². The molecule has 4 rings (SSSR count). The van der Waals surface area contributed by atoms with Crippen LogP contribution in [0.3, 0.4) is 0 Å². The molecule has 2 heterocycles. The summed E-state index contributed by atoms with van der Waals surface area (Å²) in [7, 11) is 0. The number of carbonyl (C=O) groups excluding carboxylic acids is 1. The van der Waals surface area contributed by atoms with Gasteiger partial charge in [-0.2, -0.15) is 0 Å². The molecule has 0 aromatic carbocycles. The Morgan fingerprint density at radius 1 is 1.33 bits per heavy atom. The van der Waals surface area contributed by atoms with E-state index in [0.29, 0.717) is 5.92 Å². The van der Waals surface area contributed by atoms with Crippen LogP contribution < -0.4 is 5.32 Å². The summed E-state index contributed by atoms with van der Waals surface area (Å²) in [4.78, 5) is 17.8. The number of amides is 1. The highest BCUT2D eigenvalue weighted by atomic mass is 32.2. The van der Waals surface area contributed by atoms with Crippen molar-refractivity contribution in [3.8, 4) is 12.3 Å². The summed E-state index contributed by atoms with van der Waals surface area (Å²) in [5.74, 6) is 4.29. The van der Waals surface area contributed by atoms with Crippen LogP contribution in [-0.4, -0.2) is 34.2 Å². The molecule has 4 aliphatic rings. The van der Waals surface area contributed by atoms with Crippen LogP contribution in [0.5, 0.6) is 0 Å². The van der Waals surface area contributed by atoms with Crippen LogP contribution in [0.25, 0.3) is 0 Å². The van der Waals surface area contributed by atoms with Gasteiger partial charge in [-0.1, -0.05) is 43.4 Å². The first-order valence-corrected chi connectivity index (χ1v) is 10.0. The topological polar surface area (TPSA) is 41.5 Å². The van der Waals surface area contributed by atoms with Gasteiger partial charge in [0, 0.05) is 12.3 Å². The second kappa shape index (κ2) is 6.11. The summed E-state index contributed by atoms with van der Waals surface area (Å²) in [6, 6.07) is 0. The highest BCUT2D eigenvalue weighted by molar-refractivity contribution is 8.02. The largest absolute Gasteiger partial charge is 0.340 e. The number of terminal acetylenes is 1. The van der Waals surface area contributed by atoms with Crippen molar-refractivity contribution in [3.05, 3.63) is 24.3 Å². The number of allylic oxidation sites excluding steroid dienone is 3. The third-order valence-electron chi connectivity index (χ3n) is 6.05. The van der Waals surface area contributed by atoms with Gasteiger partial charge >= 0.3 is 0 Å². The fourth-order valence-corrected chi connectivity index (χ4v) is 6.50. The van der Waals surface area contributed by atoms with Crippen molar-refractivity contribution in [1.29, 1.82) is 0 Å². The van der Waals surface area contributed by atoms with Crippen LogP contribution in [0.4, 0.5) is 0 Å². The average Bonchev–Trinajstić information content (AvgIpc) is 3.00. The monoisotopic (exact) mass is 340 g/mol. The number of rotatable bonds is 2. The van der Waals surface area contributed by atoms with E-state index in [2.05, 4.69) is 35.5 Å². The van der Waals surface area contributed by atoms with Crippen LogP contribution >= 0.6 is 11.8 Å². The standard InChI is InChI=1S/C20H24N2OS/c1-2-19(10-5-3-6-11-19)22-18(23)15-14-24-20-12-7-4-8-17(20)21-13-9-16(15)20/h1,4,7-8,12,15-16H,3,5-6,9-11,13-14H2,(H,22,23). The van der Waals surface area contributed by atoms with Crippen LogP contribution in [0.15, 0.2) is 29.3 Å². The lowest BCUT2D eigenvalue weighted by molar-refractivity contribution is -0.127. The first-order valence-electron chi connectivity index (χ1n) is 9.04. The van der Waals surface area contributed by atoms with Crippen LogP contribution in [0.1, 0.15) is 38.5 Å². The molecule has 1 spiro atoms. The van der Waals surface area contributed by atoms with Crippen LogP contribution in [-0.2, 0) is 4.79 Å². The van der Waals surface area contributed by atoms with E-state index >= 15 is 0 Å². The van der Waals surface area contributed by atoms with E-state index in [-0.39, 0.29) is 16.6 Å². The zero-order chi connectivity index (χ0) is 16.6. The zero-order valence-electron chi connectivity index (χ0n) is 14.0. The molecular weight excluding hydrogens is 316 g/mol. The molecule has 3 atom stereocenters. The Kier molecular flexibility index (Phi) is 4.08. The van der Waals surface area contributed by atoms with E-state index in [0.717, 1.165) is 50.1 Å². The molecule has 3 unspecified atom stereocenters. The summed E-state index contributed by atoms with van der Waals surface area (Å²) in [5.41, 5.74) is 0.731. The lowest BCUT2D eigenvalue weighted by atomic mass is 9.73.